The average Bonchev–Trinajstić information content (AvgIpc) is 3.13. The Morgan fingerprint density at radius 1 is 1.29 bits per heavy atom. The van der Waals surface area contributed by atoms with Crippen LogP contribution in [0.2, 0.25) is 0 Å². The van der Waals surface area contributed by atoms with Crippen molar-refractivity contribution in [1.29, 1.82) is 0 Å². The Hall–Kier alpha value is -3.23. The van der Waals surface area contributed by atoms with Gasteiger partial charge in [0.2, 0.25) is 11.6 Å². The highest BCUT2D eigenvalue weighted by molar-refractivity contribution is 5.94. The van der Waals surface area contributed by atoms with Gasteiger partial charge in [0.15, 0.2) is 5.69 Å². The summed E-state index contributed by atoms with van der Waals surface area (Å²) in [6, 6.07) is 9.08. The quantitative estimate of drug-likeness (QED) is 0.697. The predicted molar refractivity (Wildman–Crippen MR) is 70.4 cm³/mol. The van der Waals surface area contributed by atoms with Crippen molar-refractivity contribution >= 4 is 11.8 Å². The molecule has 2 N–H and O–H groups in total. The predicted octanol–water partition coefficient (Wildman–Crippen LogP) is 0.686. The summed E-state index contributed by atoms with van der Waals surface area (Å²) in [5.41, 5.74) is 6.81. The van der Waals surface area contributed by atoms with E-state index in [2.05, 4.69) is 25.3 Å². The lowest BCUT2D eigenvalue weighted by Crippen LogP contribution is -2.07. The second-order valence-corrected chi connectivity index (χ2v) is 4.03. The van der Waals surface area contributed by atoms with E-state index in [9.17, 15) is 4.79 Å². The molecule has 0 radical (unpaired) electrons. The molecule has 106 valence electrons. The minimum atomic E-state index is -0.616. The fourth-order valence-electron chi connectivity index (χ4n) is 1.86. The number of ether oxygens (including phenoxy) is 1. The van der Waals surface area contributed by atoms with Crippen LogP contribution in [0.3, 0.4) is 0 Å². The second kappa shape index (κ2) is 5.04. The van der Waals surface area contributed by atoms with Gasteiger partial charge in [-0.2, -0.15) is 4.68 Å². The maximum absolute atomic E-state index is 11.8. The van der Waals surface area contributed by atoms with Crippen molar-refractivity contribution in [2.24, 2.45) is 0 Å². The van der Waals surface area contributed by atoms with Gasteiger partial charge in [0.05, 0.1) is 7.11 Å². The Labute approximate surface area is 118 Å². The molecule has 3 aromatic rings. The van der Waals surface area contributed by atoms with Crippen LogP contribution in [0.4, 0.5) is 5.82 Å². The molecule has 0 aliphatic rings. The van der Waals surface area contributed by atoms with Gasteiger partial charge < -0.3 is 10.5 Å². The number of rotatable bonds is 3. The molecule has 0 aliphatic carbocycles. The molecule has 0 aliphatic heterocycles. The zero-order valence-electron chi connectivity index (χ0n) is 10.9. The van der Waals surface area contributed by atoms with Crippen LogP contribution < -0.4 is 5.73 Å². The third kappa shape index (κ3) is 2.10. The molecule has 0 spiro atoms. The number of hydrogen-bond donors (Lipinski definition) is 1. The highest BCUT2D eigenvalue weighted by Gasteiger charge is 2.25. The molecule has 0 amide bonds. The molecule has 9 heteroatoms. The molecule has 0 atom stereocenters. The van der Waals surface area contributed by atoms with E-state index in [0.29, 0.717) is 11.3 Å². The Kier molecular flexibility index (Phi) is 3.07. The number of anilines is 1. The van der Waals surface area contributed by atoms with Gasteiger partial charge in [-0.15, -0.1) is 5.10 Å². The van der Waals surface area contributed by atoms with Crippen molar-refractivity contribution in [1.82, 2.24) is 25.3 Å². The van der Waals surface area contributed by atoms with Crippen LogP contribution >= 0.6 is 0 Å². The number of nitrogens with two attached hydrogens (primary N) is 1. The highest BCUT2D eigenvalue weighted by Crippen LogP contribution is 2.26. The van der Waals surface area contributed by atoms with E-state index >= 15 is 0 Å². The van der Waals surface area contributed by atoms with E-state index < -0.39 is 5.97 Å². The van der Waals surface area contributed by atoms with Crippen molar-refractivity contribution in [2.75, 3.05) is 12.8 Å². The van der Waals surface area contributed by atoms with Gasteiger partial charge in [0.25, 0.3) is 0 Å². The number of benzene rings is 1. The lowest BCUT2D eigenvalue weighted by Gasteiger charge is -2.04. The highest BCUT2D eigenvalue weighted by atomic mass is 16.6. The van der Waals surface area contributed by atoms with Gasteiger partial charge in [0, 0.05) is 5.56 Å². The summed E-state index contributed by atoms with van der Waals surface area (Å²) in [5, 5.41) is 14.9. The fraction of sp³-hybridized carbons (Fsp3) is 0.0833. The van der Waals surface area contributed by atoms with Crippen LogP contribution in [-0.2, 0) is 4.74 Å². The number of methoxy groups -OCH3 is 1. The number of nitrogens with zero attached hydrogens (tertiary/aromatic N) is 5. The van der Waals surface area contributed by atoms with Crippen LogP contribution in [0.1, 0.15) is 10.5 Å². The van der Waals surface area contributed by atoms with Crippen molar-refractivity contribution in [3.05, 3.63) is 36.0 Å². The van der Waals surface area contributed by atoms with E-state index in [0.717, 1.165) is 0 Å². The van der Waals surface area contributed by atoms with E-state index in [1.807, 2.05) is 18.2 Å². The first-order chi connectivity index (χ1) is 10.2. The zero-order chi connectivity index (χ0) is 14.8. The number of carbonyl (C=O) groups excluding carboxylic acids is 1. The molecule has 1 aromatic carbocycles. The lowest BCUT2D eigenvalue weighted by atomic mass is 10.1. The number of aromatic nitrogens is 5. The normalized spacial score (nSPS) is 10.5. The van der Waals surface area contributed by atoms with Crippen LogP contribution in [0, 0.1) is 0 Å². The summed E-state index contributed by atoms with van der Waals surface area (Å²) >= 11 is 0. The number of carbonyl (C=O) groups is 1. The lowest BCUT2D eigenvalue weighted by molar-refractivity contribution is 0.0595. The Morgan fingerprint density at radius 3 is 2.67 bits per heavy atom. The zero-order valence-corrected chi connectivity index (χ0v) is 10.9. The van der Waals surface area contributed by atoms with Crippen molar-refractivity contribution < 1.29 is 14.2 Å². The Morgan fingerprint density at radius 2 is 2.05 bits per heavy atom. The monoisotopic (exact) mass is 286 g/mol. The standard InChI is InChI=1S/C12H10N6O3/c1-20-12(19)8-9(7-5-3-2-4-6-7)18(17-14-8)11-10(13)15-21-16-11/h2-6H,1H3,(H2,13,15). The Balaban J connectivity index is 2.25. The van der Waals surface area contributed by atoms with Gasteiger partial charge >= 0.3 is 5.97 Å². The molecule has 2 heterocycles. The van der Waals surface area contributed by atoms with Crippen LogP contribution in [0.15, 0.2) is 35.0 Å². The molecule has 0 saturated heterocycles. The SMILES string of the molecule is COC(=O)c1nnn(-c2nonc2N)c1-c1ccccc1. The number of nitrogen functional groups attached to an aromatic ring is 1. The van der Waals surface area contributed by atoms with E-state index in [1.54, 1.807) is 12.1 Å². The van der Waals surface area contributed by atoms with E-state index in [1.165, 1.54) is 11.8 Å². The third-order valence-electron chi connectivity index (χ3n) is 2.79. The molecule has 0 unspecified atom stereocenters. The first-order valence-electron chi connectivity index (χ1n) is 5.90. The summed E-state index contributed by atoms with van der Waals surface area (Å²) in [5.74, 6) is -0.430. The number of hydrogen-bond acceptors (Lipinski definition) is 8. The minimum Gasteiger partial charge on any atom is -0.464 e. The molecule has 0 saturated carbocycles. The van der Waals surface area contributed by atoms with Crippen LogP contribution in [0.5, 0.6) is 0 Å². The minimum absolute atomic E-state index is 0.0356. The van der Waals surface area contributed by atoms with Gasteiger partial charge in [-0.1, -0.05) is 35.5 Å². The molecule has 0 fully saturated rings. The first-order valence-corrected chi connectivity index (χ1v) is 5.90. The molecule has 2 aromatic heterocycles. The summed E-state index contributed by atoms with van der Waals surface area (Å²) in [7, 11) is 1.27. The smallest absolute Gasteiger partial charge is 0.360 e. The maximum atomic E-state index is 11.8. The van der Waals surface area contributed by atoms with Crippen molar-refractivity contribution in [3.63, 3.8) is 0 Å². The van der Waals surface area contributed by atoms with Gasteiger partial charge in [-0.05, 0) is 10.3 Å². The maximum Gasteiger partial charge on any atom is 0.360 e. The molecule has 21 heavy (non-hydrogen) atoms. The number of esters is 1. The Bertz CT molecular complexity index is 779. The molecular formula is C12H10N6O3. The van der Waals surface area contributed by atoms with Gasteiger partial charge in [0.1, 0.15) is 5.69 Å². The van der Waals surface area contributed by atoms with E-state index in [4.69, 9.17) is 10.5 Å². The molecule has 0 bridgehead atoms. The molecular weight excluding hydrogens is 276 g/mol. The summed E-state index contributed by atoms with van der Waals surface area (Å²) in [6.45, 7) is 0. The average molecular weight is 286 g/mol. The van der Waals surface area contributed by atoms with Crippen LogP contribution in [-0.4, -0.2) is 38.4 Å². The second-order valence-electron chi connectivity index (χ2n) is 4.03. The third-order valence-corrected chi connectivity index (χ3v) is 2.79. The molecule has 9 nitrogen and oxygen atoms in total. The van der Waals surface area contributed by atoms with Crippen molar-refractivity contribution in [2.45, 2.75) is 0 Å². The topological polar surface area (TPSA) is 122 Å². The summed E-state index contributed by atoms with van der Waals surface area (Å²) in [4.78, 5) is 11.8. The van der Waals surface area contributed by atoms with E-state index in [-0.39, 0.29) is 17.3 Å². The first kappa shape index (κ1) is 12.8. The summed E-state index contributed by atoms with van der Waals surface area (Å²) < 4.78 is 10.6. The fourth-order valence-corrected chi connectivity index (χ4v) is 1.86. The van der Waals surface area contributed by atoms with Crippen molar-refractivity contribution in [3.8, 4) is 17.1 Å². The largest absolute Gasteiger partial charge is 0.464 e. The summed E-state index contributed by atoms with van der Waals surface area (Å²) in [6.07, 6.45) is 0. The van der Waals surface area contributed by atoms with Crippen LogP contribution in [0.25, 0.3) is 17.1 Å². The van der Waals surface area contributed by atoms with Gasteiger partial charge in [-0.3, -0.25) is 0 Å². The molecule has 3 rings (SSSR count). The van der Waals surface area contributed by atoms with Gasteiger partial charge in [-0.25, -0.2) is 9.42 Å².